The lowest BCUT2D eigenvalue weighted by atomic mass is 10.0. The van der Waals surface area contributed by atoms with Crippen molar-refractivity contribution >= 4 is 34.6 Å². The Hall–Kier alpha value is -4.38. The number of carboxylic acids is 1. The van der Waals surface area contributed by atoms with E-state index < -0.39 is 48.4 Å². The van der Waals surface area contributed by atoms with Gasteiger partial charge < -0.3 is 36.9 Å². The van der Waals surface area contributed by atoms with E-state index in [2.05, 4.69) is 20.9 Å². The molecule has 1 heterocycles. The van der Waals surface area contributed by atoms with Crippen LogP contribution in [-0.2, 0) is 32.0 Å². The van der Waals surface area contributed by atoms with Gasteiger partial charge in [0.25, 0.3) is 0 Å². The summed E-state index contributed by atoms with van der Waals surface area (Å²) in [5.74, 6) is -2.85. The van der Waals surface area contributed by atoms with Gasteiger partial charge in [-0.05, 0) is 48.1 Å². The third-order valence-corrected chi connectivity index (χ3v) is 6.22. The van der Waals surface area contributed by atoms with E-state index in [-0.39, 0.29) is 30.9 Å². The van der Waals surface area contributed by atoms with E-state index >= 15 is 0 Å². The Kier molecular flexibility index (Phi) is 10.0. The second-order valence-corrected chi connectivity index (χ2v) is 9.91. The number of nitrogens with one attached hydrogen (secondary N) is 4. The highest BCUT2D eigenvalue weighted by Gasteiger charge is 2.27. The monoisotopic (exact) mass is 537 g/mol. The standard InChI is InChI=1S/C28H35N5O6/c1-16(2)11-24(28(38)39)32-25(35)15-31-27(37)23(13-18-14-30-22-6-4-3-5-20(18)22)33-26(36)21(29)12-17-7-9-19(34)10-8-17/h3-10,14,16,21,23-24,30,34H,11-13,15,29H2,1-2H3,(H,31,37)(H,32,35)(H,33,36)(H,38,39). The maximum atomic E-state index is 13.2. The number of rotatable bonds is 13. The first-order valence-electron chi connectivity index (χ1n) is 12.7. The molecule has 3 rings (SSSR count). The van der Waals surface area contributed by atoms with Crippen LogP contribution in [0.15, 0.2) is 54.7 Å². The SMILES string of the molecule is CC(C)CC(NC(=O)CNC(=O)C(Cc1c[nH]c2ccccc12)NC(=O)C(N)Cc1ccc(O)cc1)C(=O)O. The maximum absolute atomic E-state index is 13.2. The average Bonchev–Trinajstić information content (AvgIpc) is 3.30. The molecular weight excluding hydrogens is 502 g/mol. The normalized spacial score (nSPS) is 13.4. The number of carbonyl (C=O) groups excluding carboxylic acids is 3. The smallest absolute Gasteiger partial charge is 0.326 e. The number of hydrogen-bond acceptors (Lipinski definition) is 6. The number of amides is 3. The molecule has 39 heavy (non-hydrogen) atoms. The number of phenolic OH excluding ortho intramolecular Hbond substituents is 1. The van der Waals surface area contributed by atoms with Gasteiger partial charge in [-0.1, -0.05) is 44.2 Å². The summed E-state index contributed by atoms with van der Waals surface area (Å²) in [4.78, 5) is 53.1. The van der Waals surface area contributed by atoms with Crippen molar-refractivity contribution in [3.05, 3.63) is 65.9 Å². The zero-order valence-corrected chi connectivity index (χ0v) is 21.9. The van der Waals surface area contributed by atoms with Gasteiger partial charge in [0, 0.05) is 23.5 Å². The summed E-state index contributed by atoms with van der Waals surface area (Å²) >= 11 is 0. The molecule has 8 N–H and O–H groups in total. The van der Waals surface area contributed by atoms with Crippen molar-refractivity contribution in [2.24, 2.45) is 11.7 Å². The first-order valence-corrected chi connectivity index (χ1v) is 12.7. The van der Waals surface area contributed by atoms with Crippen LogP contribution in [0.1, 0.15) is 31.4 Å². The fourth-order valence-corrected chi connectivity index (χ4v) is 4.22. The zero-order valence-electron chi connectivity index (χ0n) is 21.9. The van der Waals surface area contributed by atoms with Crippen molar-refractivity contribution in [2.45, 2.75) is 51.2 Å². The predicted octanol–water partition coefficient (Wildman–Crippen LogP) is 1.20. The highest BCUT2D eigenvalue weighted by Crippen LogP contribution is 2.19. The van der Waals surface area contributed by atoms with Crippen molar-refractivity contribution in [1.82, 2.24) is 20.9 Å². The van der Waals surface area contributed by atoms with Crippen molar-refractivity contribution in [3.63, 3.8) is 0 Å². The van der Waals surface area contributed by atoms with Crippen LogP contribution in [0.4, 0.5) is 0 Å². The van der Waals surface area contributed by atoms with Gasteiger partial charge in [0.1, 0.15) is 17.8 Å². The Balaban J connectivity index is 1.70. The maximum Gasteiger partial charge on any atom is 0.326 e. The highest BCUT2D eigenvalue weighted by atomic mass is 16.4. The highest BCUT2D eigenvalue weighted by molar-refractivity contribution is 5.93. The van der Waals surface area contributed by atoms with E-state index in [0.29, 0.717) is 0 Å². The van der Waals surface area contributed by atoms with Gasteiger partial charge in [-0.25, -0.2) is 4.79 Å². The Morgan fingerprint density at radius 1 is 0.923 bits per heavy atom. The molecule has 11 nitrogen and oxygen atoms in total. The Labute approximate surface area is 226 Å². The van der Waals surface area contributed by atoms with Crippen LogP contribution in [0, 0.1) is 5.92 Å². The minimum absolute atomic E-state index is 0.0440. The molecule has 0 aliphatic carbocycles. The number of aromatic nitrogens is 1. The lowest BCUT2D eigenvalue weighted by Crippen LogP contribution is -2.54. The van der Waals surface area contributed by atoms with Crippen LogP contribution in [0.3, 0.4) is 0 Å². The van der Waals surface area contributed by atoms with Crippen molar-refractivity contribution < 1.29 is 29.4 Å². The molecule has 0 spiro atoms. The molecule has 0 aliphatic heterocycles. The van der Waals surface area contributed by atoms with Crippen molar-refractivity contribution in [1.29, 1.82) is 0 Å². The third kappa shape index (κ3) is 8.57. The Morgan fingerprint density at radius 2 is 1.62 bits per heavy atom. The van der Waals surface area contributed by atoms with Gasteiger partial charge >= 0.3 is 5.97 Å². The number of fused-ring (bicyclic) bond motifs is 1. The lowest BCUT2D eigenvalue weighted by Gasteiger charge is -2.21. The summed E-state index contributed by atoms with van der Waals surface area (Å²) in [5.41, 5.74) is 8.50. The number of benzene rings is 2. The molecule has 0 bridgehead atoms. The van der Waals surface area contributed by atoms with Crippen LogP contribution in [0.2, 0.25) is 0 Å². The molecule has 0 aliphatic rings. The molecular formula is C28H35N5O6. The summed E-state index contributed by atoms with van der Waals surface area (Å²) < 4.78 is 0. The number of para-hydroxylation sites is 1. The van der Waals surface area contributed by atoms with Crippen LogP contribution in [-0.4, -0.2) is 63.6 Å². The van der Waals surface area contributed by atoms with Crippen molar-refractivity contribution in [2.75, 3.05) is 6.54 Å². The van der Waals surface area contributed by atoms with E-state index in [1.165, 1.54) is 12.1 Å². The van der Waals surface area contributed by atoms with Crippen LogP contribution < -0.4 is 21.7 Å². The first kappa shape index (κ1) is 29.2. The number of carboxylic acid groups (broad SMARTS) is 1. The molecule has 0 radical (unpaired) electrons. The lowest BCUT2D eigenvalue weighted by molar-refractivity contribution is -0.142. The third-order valence-electron chi connectivity index (χ3n) is 6.22. The molecule has 0 saturated heterocycles. The molecule has 3 atom stereocenters. The van der Waals surface area contributed by atoms with Gasteiger partial charge in [-0.2, -0.15) is 0 Å². The number of carbonyl (C=O) groups is 4. The topological polar surface area (TPSA) is 187 Å². The van der Waals surface area contributed by atoms with Gasteiger partial charge in [0.2, 0.25) is 17.7 Å². The van der Waals surface area contributed by atoms with Gasteiger partial charge in [-0.3, -0.25) is 14.4 Å². The Bertz CT molecular complexity index is 1300. The van der Waals surface area contributed by atoms with E-state index in [1.54, 1.807) is 18.3 Å². The summed E-state index contributed by atoms with van der Waals surface area (Å²) in [6, 6.07) is 10.7. The largest absolute Gasteiger partial charge is 0.508 e. The van der Waals surface area contributed by atoms with Crippen LogP contribution >= 0.6 is 0 Å². The molecule has 0 saturated carbocycles. The number of nitrogens with two attached hydrogens (primary N) is 1. The molecule has 3 amide bonds. The number of hydrogen-bond donors (Lipinski definition) is 7. The quantitative estimate of drug-likeness (QED) is 0.171. The van der Waals surface area contributed by atoms with Gasteiger partial charge in [0.15, 0.2) is 0 Å². The van der Waals surface area contributed by atoms with Gasteiger partial charge in [-0.15, -0.1) is 0 Å². The fourth-order valence-electron chi connectivity index (χ4n) is 4.22. The molecule has 11 heteroatoms. The summed E-state index contributed by atoms with van der Waals surface area (Å²) in [5, 5.41) is 27.3. The molecule has 3 aromatic rings. The van der Waals surface area contributed by atoms with E-state index in [0.717, 1.165) is 22.0 Å². The second kappa shape index (κ2) is 13.4. The molecule has 1 aromatic heterocycles. The second-order valence-electron chi connectivity index (χ2n) is 9.91. The average molecular weight is 538 g/mol. The molecule has 0 fully saturated rings. The van der Waals surface area contributed by atoms with Gasteiger partial charge in [0.05, 0.1) is 12.6 Å². The summed E-state index contributed by atoms with van der Waals surface area (Å²) in [6.07, 6.45) is 2.30. The zero-order chi connectivity index (χ0) is 28.5. The number of aromatic amines is 1. The minimum atomic E-state index is -1.16. The number of phenols is 1. The minimum Gasteiger partial charge on any atom is -0.508 e. The van der Waals surface area contributed by atoms with E-state index in [4.69, 9.17) is 5.73 Å². The summed E-state index contributed by atoms with van der Waals surface area (Å²) in [6.45, 7) is 3.23. The number of aromatic hydroxyl groups is 1. The predicted molar refractivity (Wildman–Crippen MR) is 146 cm³/mol. The van der Waals surface area contributed by atoms with Crippen molar-refractivity contribution in [3.8, 4) is 5.75 Å². The number of H-pyrrole nitrogens is 1. The Morgan fingerprint density at radius 3 is 2.28 bits per heavy atom. The van der Waals surface area contributed by atoms with E-state index in [9.17, 15) is 29.4 Å². The fraction of sp³-hybridized carbons (Fsp3) is 0.357. The first-order chi connectivity index (χ1) is 18.5. The summed E-state index contributed by atoms with van der Waals surface area (Å²) in [7, 11) is 0. The van der Waals surface area contributed by atoms with Crippen LogP contribution in [0.25, 0.3) is 10.9 Å². The van der Waals surface area contributed by atoms with E-state index in [1.807, 2.05) is 38.1 Å². The molecule has 208 valence electrons. The molecule has 2 aromatic carbocycles. The van der Waals surface area contributed by atoms with Crippen LogP contribution in [0.5, 0.6) is 5.75 Å². The molecule has 3 unspecified atom stereocenters. The number of aliphatic carboxylic acids is 1.